The summed E-state index contributed by atoms with van der Waals surface area (Å²) in [6, 6.07) is 0. The summed E-state index contributed by atoms with van der Waals surface area (Å²) in [5.74, 6) is -0.218. The third kappa shape index (κ3) is 3.15. The van der Waals surface area contributed by atoms with Crippen molar-refractivity contribution in [1.82, 2.24) is 4.90 Å². The van der Waals surface area contributed by atoms with Crippen LogP contribution in [-0.2, 0) is 14.3 Å². The quantitative estimate of drug-likeness (QED) is 0.733. The summed E-state index contributed by atoms with van der Waals surface area (Å²) < 4.78 is 9.38. The largest absolute Gasteiger partial charge is 0.444 e. The standard InChI is InChI=1S/C12H17Cl2NO4/c1-11(2,3)19-10(17)15-5-7(6-15)18-9-4-8(16)12(9,13)14/h7,9H,4-6H2,1-3H3. The summed E-state index contributed by atoms with van der Waals surface area (Å²) >= 11 is 11.6. The first kappa shape index (κ1) is 14.9. The van der Waals surface area contributed by atoms with E-state index in [0.29, 0.717) is 13.1 Å². The first-order valence-corrected chi connectivity index (χ1v) is 6.89. The van der Waals surface area contributed by atoms with Gasteiger partial charge in [-0.15, -0.1) is 0 Å². The lowest BCUT2D eigenvalue weighted by atomic mass is 9.92. The van der Waals surface area contributed by atoms with Gasteiger partial charge in [-0.3, -0.25) is 4.79 Å². The third-order valence-electron chi connectivity index (χ3n) is 3.00. The zero-order valence-electron chi connectivity index (χ0n) is 11.1. The highest BCUT2D eigenvalue weighted by Crippen LogP contribution is 2.42. The molecule has 1 saturated carbocycles. The summed E-state index contributed by atoms with van der Waals surface area (Å²) in [7, 11) is 0. The maximum atomic E-state index is 11.7. The minimum absolute atomic E-state index is 0.137. The highest BCUT2D eigenvalue weighted by atomic mass is 35.5. The Bertz CT molecular complexity index is 399. The monoisotopic (exact) mass is 309 g/mol. The number of amides is 1. The zero-order chi connectivity index (χ0) is 14.4. The van der Waals surface area contributed by atoms with Crippen molar-refractivity contribution in [2.75, 3.05) is 13.1 Å². The van der Waals surface area contributed by atoms with Crippen LogP contribution in [0.1, 0.15) is 27.2 Å². The van der Waals surface area contributed by atoms with Gasteiger partial charge in [0.1, 0.15) is 11.7 Å². The van der Waals surface area contributed by atoms with E-state index in [-0.39, 0.29) is 24.4 Å². The molecule has 0 aromatic heterocycles. The van der Waals surface area contributed by atoms with Gasteiger partial charge in [0.15, 0.2) is 5.78 Å². The minimum Gasteiger partial charge on any atom is -0.444 e. The minimum atomic E-state index is -1.42. The average molecular weight is 310 g/mol. The Balaban J connectivity index is 1.73. The van der Waals surface area contributed by atoms with E-state index in [4.69, 9.17) is 32.7 Å². The van der Waals surface area contributed by atoms with E-state index in [9.17, 15) is 9.59 Å². The molecule has 1 amide bonds. The van der Waals surface area contributed by atoms with E-state index in [1.165, 1.54) is 0 Å². The van der Waals surface area contributed by atoms with Crippen LogP contribution in [0.3, 0.4) is 0 Å². The Morgan fingerprint density at radius 3 is 2.37 bits per heavy atom. The van der Waals surface area contributed by atoms with Gasteiger partial charge < -0.3 is 14.4 Å². The van der Waals surface area contributed by atoms with Gasteiger partial charge >= 0.3 is 6.09 Å². The van der Waals surface area contributed by atoms with E-state index in [1.54, 1.807) is 4.90 Å². The number of rotatable bonds is 2. The number of hydrogen-bond acceptors (Lipinski definition) is 4. The van der Waals surface area contributed by atoms with Crippen LogP contribution in [0.4, 0.5) is 4.79 Å². The first-order chi connectivity index (χ1) is 8.59. The Kier molecular flexibility index (Phi) is 3.75. The average Bonchev–Trinajstić information content (AvgIpc) is 2.17. The summed E-state index contributed by atoms with van der Waals surface area (Å²) in [4.78, 5) is 24.4. The fourth-order valence-electron chi connectivity index (χ4n) is 1.85. The Labute approximate surface area is 122 Å². The van der Waals surface area contributed by atoms with Crippen LogP contribution in [-0.4, -0.2) is 52.0 Å². The van der Waals surface area contributed by atoms with Crippen LogP contribution in [0.15, 0.2) is 0 Å². The lowest BCUT2D eigenvalue weighted by Gasteiger charge is -2.45. The summed E-state index contributed by atoms with van der Waals surface area (Å²) in [5.41, 5.74) is -0.509. The molecule has 0 N–H and O–H groups in total. The van der Waals surface area contributed by atoms with Gasteiger partial charge in [-0.1, -0.05) is 23.2 Å². The number of ether oxygens (including phenoxy) is 2. The molecule has 7 heteroatoms. The Morgan fingerprint density at radius 2 is 1.95 bits per heavy atom. The van der Waals surface area contributed by atoms with Crippen molar-refractivity contribution in [1.29, 1.82) is 0 Å². The molecule has 0 spiro atoms. The molecule has 2 aliphatic rings. The van der Waals surface area contributed by atoms with Crippen molar-refractivity contribution in [2.24, 2.45) is 0 Å². The van der Waals surface area contributed by atoms with Gasteiger partial charge in [0, 0.05) is 6.42 Å². The number of Topliss-reactive ketones (excluding diaryl/α,β-unsaturated/α-hetero) is 1. The van der Waals surface area contributed by atoms with Gasteiger partial charge in [0.05, 0.1) is 19.2 Å². The predicted octanol–water partition coefficient (Wildman–Crippen LogP) is 2.14. The molecule has 1 aliphatic heterocycles. The lowest BCUT2D eigenvalue weighted by Crippen LogP contribution is -2.61. The number of carbonyl (C=O) groups is 2. The molecule has 1 atom stereocenters. The molecule has 2 fully saturated rings. The summed E-state index contributed by atoms with van der Waals surface area (Å²) in [6.07, 6.45) is -0.743. The van der Waals surface area contributed by atoms with E-state index < -0.39 is 16.0 Å². The molecule has 0 aromatic rings. The fourth-order valence-corrected chi connectivity index (χ4v) is 2.26. The number of nitrogens with zero attached hydrogens (tertiary/aromatic N) is 1. The van der Waals surface area contributed by atoms with Crippen LogP contribution in [0, 0.1) is 0 Å². The molecular weight excluding hydrogens is 293 g/mol. The van der Waals surface area contributed by atoms with Gasteiger partial charge in [-0.2, -0.15) is 0 Å². The topological polar surface area (TPSA) is 55.8 Å². The number of likely N-dealkylation sites (tertiary alicyclic amines) is 1. The Hall–Kier alpha value is -0.520. The highest BCUT2D eigenvalue weighted by molar-refractivity contribution is 6.61. The van der Waals surface area contributed by atoms with E-state index in [0.717, 1.165) is 0 Å². The second kappa shape index (κ2) is 4.79. The Morgan fingerprint density at radius 1 is 1.37 bits per heavy atom. The van der Waals surface area contributed by atoms with Gasteiger partial charge in [-0.05, 0) is 20.8 Å². The molecule has 0 radical (unpaired) electrons. The molecule has 1 heterocycles. The predicted molar refractivity (Wildman–Crippen MR) is 70.5 cm³/mol. The lowest BCUT2D eigenvalue weighted by molar-refractivity contribution is -0.150. The van der Waals surface area contributed by atoms with Gasteiger partial charge in [0.2, 0.25) is 4.33 Å². The maximum Gasteiger partial charge on any atom is 0.410 e. The second-order valence-corrected chi connectivity index (χ2v) is 7.27. The van der Waals surface area contributed by atoms with E-state index in [1.807, 2.05) is 20.8 Å². The fraction of sp³-hybridized carbons (Fsp3) is 0.833. The number of alkyl halides is 2. The van der Waals surface area contributed by atoms with E-state index >= 15 is 0 Å². The van der Waals surface area contributed by atoms with Crippen LogP contribution in [0.25, 0.3) is 0 Å². The molecule has 1 unspecified atom stereocenters. The van der Waals surface area contributed by atoms with Crippen molar-refractivity contribution in [3.8, 4) is 0 Å². The van der Waals surface area contributed by atoms with Gasteiger partial charge in [0.25, 0.3) is 0 Å². The maximum absolute atomic E-state index is 11.7. The molecule has 1 aliphatic carbocycles. The van der Waals surface area contributed by atoms with Crippen molar-refractivity contribution < 1.29 is 19.1 Å². The third-order valence-corrected chi connectivity index (χ3v) is 3.91. The molecule has 2 rings (SSSR count). The van der Waals surface area contributed by atoms with E-state index in [2.05, 4.69) is 0 Å². The zero-order valence-corrected chi connectivity index (χ0v) is 12.6. The molecule has 19 heavy (non-hydrogen) atoms. The highest BCUT2D eigenvalue weighted by Gasteiger charge is 2.55. The summed E-state index contributed by atoms with van der Waals surface area (Å²) in [5, 5.41) is 0. The SMILES string of the molecule is CC(C)(C)OC(=O)N1CC(OC2CC(=O)C2(Cl)Cl)C1. The van der Waals surface area contributed by atoms with Gasteiger partial charge in [-0.25, -0.2) is 4.79 Å². The number of hydrogen-bond donors (Lipinski definition) is 0. The summed E-state index contributed by atoms with van der Waals surface area (Å²) in [6.45, 7) is 6.31. The first-order valence-electron chi connectivity index (χ1n) is 6.14. The number of ketones is 1. The van der Waals surface area contributed by atoms with Crippen molar-refractivity contribution in [3.05, 3.63) is 0 Å². The smallest absolute Gasteiger partial charge is 0.410 e. The van der Waals surface area contributed by atoms with Crippen LogP contribution in [0.5, 0.6) is 0 Å². The number of halogens is 2. The van der Waals surface area contributed by atoms with Crippen LogP contribution >= 0.6 is 23.2 Å². The normalized spacial score (nSPS) is 26.7. The molecule has 0 bridgehead atoms. The van der Waals surface area contributed by atoms with Crippen LogP contribution < -0.4 is 0 Å². The molecule has 0 aromatic carbocycles. The van der Waals surface area contributed by atoms with Crippen LogP contribution in [0.2, 0.25) is 0 Å². The molecule has 5 nitrogen and oxygen atoms in total. The van der Waals surface area contributed by atoms with Crippen molar-refractivity contribution in [3.63, 3.8) is 0 Å². The second-order valence-electron chi connectivity index (χ2n) is 5.88. The van der Waals surface area contributed by atoms with Crippen molar-refractivity contribution in [2.45, 2.75) is 49.3 Å². The number of carbonyl (C=O) groups excluding carboxylic acids is 2. The molecule has 108 valence electrons. The molecule has 1 saturated heterocycles. The van der Waals surface area contributed by atoms with Crippen molar-refractivity contribution >= 4 is 35.1 Å². The molecular formula is C12H17Cl2NO4.